The number of nitrogens with zero attached hydrogens (tertiary/aromatic N) is 1. The van der Waals surface area contributed by atoms with E-state index in [-0.39, 0.29) is 17.6 Å². The van der Waals surface area contributed by atoms with E-state index in [0.717, 1.165) is 29.7 Å². The molecular weight excluding hydrogens is 436 g/mol. The van der Waals surface area contributed by atoms with Crippen LogP contribution >= 0.6 is 0 Å². The summed E-state index contributed by atoms with van der Waals surface area (Å²) in [6.45, 7) is 0.350. The van der Waals surface area contributed by atoms with Crippen molar-refractivity contribution in [1.82, 2.24) is 0 Å². The highest BCUT2D eigenvalue weighted by Gasteiger charge is 2.17. The number of amides is 1. The maximum atomic E-state index is 13.0. The second-order valence-electron chi connectivity index (χ2n) is 8.64. The Labute approximate surface area is 204 Å². The van der Waals surface area contributed by atoms with E-state index in [2.05, 4.69) is 22.4 Å². The lowest BCUT2D eigenvalue weighted by Gasteiger charge is -2.16. The standard InChI is InChI=1S/C30H26N2O3/c33-27-9-3-5-21(17-27)20-35-28-13-11-26(12-14-28)32-30(34)25-8-4-7-22(19-25)23-15-16-31-29-10-2-1-6-24(29)18-23/h1-14,16-17,19,23,33H,15,18,20H2,(H,32,34). The highest BCUT2D eigenvalue weighted by molar-refractivity contribution is 6.04. The Kier molecular flexibility index (Phi) is 6.57. The maximum Gasteiger partial charge on any atom is 0.255 e. The Bertz CT molecular complexity index is 1360. The minimum Gasteiger partial charge on any atom is -0.508 e. The van der Waals surface area contributed by atoms with Crippen LogP contribution in [0.25, 0.3) is 0 Å². The van der Waals surface area contributed by atoms with Crippen LogP contribution < -0.4 is 10.1 Å². The van der Waals surface area contributed by atoms with Crippen molar-refractivity contribution < 1.29 is 14.6 Å². The van der Waals surface area contributed by atoms with E-state index in [1.807, 2.05) is 72.9 Å². The van der Waals surface area contributed by atoms with Crippen molar-refractivity contribution in [1.29, 1.82) is 0 Å². The number of rotatable bonds is 6. The minimum atomic E-state index is -0.150. The zero-order chi connectivity index (χ0) is 24.0. The summed E-state index contributed by atoms with van der Waals surface area (Å²) in [6.07, 6.45) is 3.71. The molecule has 174 valence electrons. The lowest BCUT2D eigenvalue weighted by molar-refractivity contribution is 0.102. The number of para-hydroxylation sites is 1. The highest BCUT2D eigenvalue weighted by Crippen LogP contribution is 2.32. The number of ether oxygens (including phenoxy) is 1. The van der Waals surface area contributed by atoms with Gasteiger partial charge >= 0.3 is 0 Å². The van der Waals surface area contributed by atoms with Crippen LogP contribution in [0.3, 0.4) is 0 Å². The number of carbonyl (C=O) groups excluding carboxylic acids is 1. The molecule has 1 aliphatic rings. The Morgan fingerprint density at radius 2 is 1.77 bits per heavy atom. The fourth-order valence-corrected chi connectivity index (χ4v) is 4.27. The van der Waals surface area contributed by atoms with Crippen LogP contribution in [0.4, 0.5) is 11.4 Å². The molecular formula is C30H26N2O3. The van der Waals surface area contributed by atoms with Crippen LogP contribution in [0, 0.1) is 0 Å². The second kappa shape index (κ2) is 10.3. The topological polar surface area (TPSA) is 70.9 Å². The highest BCUT2D eigenvalue weighted by atomic mass is 16.5. The molecule has 0 spiro atoms. The van der Waals surface area contributed by atoms with Crippen molar-refractivity contribution in [2.24, 2.45) is 4.99 Å². The number of nitrogens with one attached hydrogen (secondary N) is 1. The molecule has 1 heterocycles. The van der Waals surface area contributed by atoms with E-state index in [1.165, 1.54) is 5.56 Å². The summed E-state index contributed by atoms with van der Waals surface area (Å²) < 4.78 is 5.78. The first-order valence-electron chi connectivity index (χ1n) is 11.7. The van der Waals surface area contributed by atoms with E-state index < -0.39 is 0 Å². The van der Waals surface area contributed by atoms with E-state index in [4.69, 9.17) is 4.74 Å². The van der Waals surface area contributed by atoms with Gasteiger partial charge < -0.3 is 15.2 Å². The normalized spacial score (nSPS) is 14.6. The van der Waals surface area contributed by atoms with E-state index in [9.17, 15) is 9.90 Å². The van der Waals surface area contributed by atoms with Crippen LogP contribution in [-0.4, -0.2) is 17.2 Å². The molecule has 4 aromatic rings. The van der Waals surface area contributed by atoms with E-state index in [0.29, 0.717) is 23.6 Å². The Morgan fingerprint density at radius 1 is 0.943 bits per heavy atom. The number of hydrogen-bond acceptors (Lipinski definition) is 4. The number of fused-ring (bicyclic) bond motifs is 1. The summed E-state index contributed by atoms with van der Waals surface area (Å²) in [5, 5.41) is 12.5. The molecule has 5 heteroatoms. The molecule has 1 unspecified atom stereocenters. The molecule has 0 radical (unpaired) electrons. The molecule has 5 rings (SSSR count). The van der Waals surface area contributed by atoms with Crippen molar-refractivity contribution in [3.63, 3.8) is 0 Å². The Hall–Kier alpha value is -4.38. The van der Waals surface area contributed by atoms with Crippen molar-refractivity contribution in [2.45, 2.75) is 25.4 Å². The zero-order valence-electron chi connectivity index (χ0n) is 19.2. The first kappa shape index (κ1) is 22.4. The minimum absolute atomic E-state index is 0.150. The van der Waals surface area contributed by atoms with Gasteiger partial charge in [-0.05, 0) is 90.0 Å². The molecule has 2 N–H and O–H groups in total. The largest absolute Gasteiger partial charge is 0.508 e. The van der Waals surface area contributed by atoms with Crippen molar-refractivity contribution in [2.75, 3.05) is 5.32 Å². The molecule has 0 fully saturated rings. The predicted molar refractivity (Wildman–Crippen MR) is 139 cm³/mol. The Morgan fingerprint density at radius 3 is 2.63 bits per heavy atom. The first-order chi connectivity index (χ1) is 17.1. The number of phenols is 1. The van der Waals surface area contributed by atoms with Crippen LogP contribution in [0.1, 0.15) is 39.4 Å². The van der Waals surface area contributed by atoms with Gasteiger partial charge in [0, 0.05) is 17.5 Å². The van der Waals surface area contributed by atoms with Gasteiger partial charge in [-0.3, -0.25) is 9.79 Å². The number of benzene rings is 4. The molecule has 0 saturated heterocycles. The SMILES string of the molecule is O=C(Nc1ccc(OCc2cccc(O)c2)cc1)c1cccc(C2CC=Nc3ccccc3C2)c1. The molecule has 0 aromatic heterocycles. The van der Waals surface area contributed by atoms with Gasteiger partial charge in [0.05, 0.1) is 5.69 Å². The van der Waals surface area contributed by atoms with Crippen molar-refractivity contribution >= 4 is 23.5 Å². The average Bonchev–Trinajstić information content (AvgIpc) is 3.11. The summed E-state index contributed by atoms with van der Waals surface area (Å²) in [5.74, 6) is 1.02. The number of aliphatic imine (C=N–C) groups is 1. The summed E-state index contributed by atoms with van der Waals surface area (Å²) in [6, 6.07) is 30.3. The van der Waals surface area contributed by atoms with Crippen molar-refractivity contribution in [3.05, 3.63) is 119 Å². The van der Waals surface area contributed by atoms with E-state index in [1.54, 1.807) is 18.2 Å². The van der Waals surface area contributed by atoms with Gasteiger partial charge in [0.15, 0.2) is 0 Å². The van der Waals surface area contributed by atoms with Gasteiger partial charge in [-0.25, -0.2) is 0 Å². The summed E-state index contributed by atoms with van der Waals surface area (Å²) in [4.78, 5) is 17.5. The van der Waals surface area contributed by atoms with E-state index >= 15 is 0 Å². The smallest absolute Gasteiger partial charge is 0.255 e. The summed E-state index contributed by atoms with van der Waals surface area (Å²) in [5.41, 5.74) is 5.59. The number of carbonyl (C=O) groups is 1. The molecule has 4 aromatic carbocycles. The third-order valence-corrected chi connectivity index (χ3v) is 6.13. The quantitative estimate of drug-likeness (QED) is 0.337. The molecule has 1 amide bonds. The molecule has 35 heavy (non-hydrogen) atoms. The van der Waals surface area contributed by atoms with Crippen LogP contribution in [0.15, 0.2) is 102 Å². The molecule has 1 aliphatic heterocycles. The fourth-order valence-electron chi connectivity index (χ4n) is 4.27. The summed E-state index contributed by atoms with van der Waals surface area (Å²) in [7, 11) is 0. The van der Waals surface area contributed by atoms with Gasteiger partial charge in [-0.15, -0.1) is 0 Å². The number of anilines is 1. The summed E-state index contributed by atoms with van der Waals surface area (Å²) >= 11 is 0. The molecule has 0 bridgehead atoms. The van der Waals surface area contributed by atoms with Gasteiger partial charge in [-0.2, -0.15) is 0 Å². The third kappa shape index (κ3) is 5.58. The molecule has 5 nitrogen and oxygen atoms in total. The predicted octanol–water partition coefficient (Wildman–Crippen LogP) is 6.66. The maximum absolute atomic E-state index is 13.0. The van der Waals surface area contributed by atoms with Crippen LogP contribution in [0.5, 0.6) is 11.5 Å². The lowest BCUT2D eigenvalue weighted by Crippen LogP contribution is -2.13. The molecule has 1 atom stereocenters. The van der Waals surface area contributed by atoms with Gasteiger partial charge in [-0.1, -0.05) is 42.5 Å². The van der Waals surface area contributed by atoms with Gasteiger partial charge in [0.1, 0.15) is 18.1 Å². The third-order valence-electron chi connectivity index (χ3n) is 6.13. The zero-order valence-corrected chi connectivity index (χ0v) is 19.2. The van der Waals surface area contributed by atoms with Crippen LogP contribution in [0.2, 0.25) is 0 Å². The van der Waals surface area contributed by atoms with Gasteiger partial charge in [0.25, 0.3) is 5.91 Å². The lowest BCUT2D eigenvalue weighted by atomic mass is 9.89. The first-order valence-corrected chi connectivity index (χ1v) is 11.7. The Balaban J connectivity index is 1.22. The number of phenolic OH excluding ortho intramolecular Hbond substituents is 1. The number of aromatic hydroxyl groups is 1. The van der Waals surface area contributed by atoms with Crippen LogP contribution in [-0.2, 0) is 13.0 Å². The number of hydrogen-bond donors (Lipinski definition) is 2. The van der Waals surface area contributed by atoms with Gasteiger partial charge in [0.2, 0.25) is 0 Å². The second-order valence-corrected chi connectivity index (χ2v) is 8.64. The molecule has 0 aliphatic carbocycles. The van der Waals surface area contributed by atoms with Crippen molar-refractivity contribution in [3.8, 4) is 11.5 Å². The fraction of sp³-hybridized carbons (Fsp3) is 0.133. The monoisotopic (exact) mass is 462 g/mol. The molecule has 0 saturated carbocycles. The average molecular weight is 463 g/mol.